The number of aromatic hydroxyl groups is 1. The molecule has 4 nitrogen and oxygen atoms in total. The zero-order valence-electron chi connectivity index (χ0n) is 7.57. The number of fused-ring (bicyclic) bond motifs is 1. The Bertz CT molecular complexity index is 487. The molecule has 0 fully saturated rings. The number of rotatable bonds is 1. The van der Waals surface area contributed by atoms with E-state index in [1.54, 1.807) is 12.3 Å². The average Bonchev–Trinajstić information content (AvgIpc) is 2.62. The summed E-state index contributed by atoms with van der Waals surface area (Å²) in [6.07, 6.45) is 1.74. The first-order valence-corrected chi connectivity index (χ1v) is 4.11. The van der Waals surface area contributed by atoms with Crippen LogP contribution < -0.4 is 0 Å². The minimum absolute atomic E-state index is 0.0770. The Hall–Kier alpha value is -1.97. The summed E-state index contributed by atoms with van der Waals surface area (Å²) in [5.41, 5.74) is 0.967. The zero-order valence-corrected chi connectivity index (χ0v) is 7.57. The molecule has 0 amide bonds. The van der Waals surface area contributed by atoms with E-state index in [9.17, 15) is 9.90 Å². The van der Waals surface area contributed by atoms with Gasteiger partial charge in [0.25, 0.3) is 0 Å². The minimum atomic E-state index is -0.536. The number of carbonyl (C=O) groups is 1. The summed E-state index contributed by atoms with van der Waals surface area (Å²) in [4.78, 5) is 14.1. The van der Waals surface area contributed by atoms with Crippen molar-refractivity contribution in [1.82, 2.24) is 4.98 Å². The van der Waals surface area contributed by atoms with E-state index in [2.05, 4.69) is 9.72 Å². The molecule has 1 aromatic heterocycles. The first kappa shape index (κ1) is 8.62. The molecule has 0 aliphatic heterocycles. The second kappa shape index (κ2) is 3.06. The van der Waals surface area contributed by atoms with E-state index in [4.69, 9.17) is 0 Å². The summed E-state index contributed by atoms with van der Waals surface area (Å²) in [6.45, 7) is 0. The highest BCUT2D eigenvalue weighted by Crippen LogP contribution is 2.24. The number of H-pyrrole nitrogens is 1. The predicted octanol–water partition coefficient (Wildman–Crippen LogP) is 1.66. The lowest BCUT2D eigenvalue weighted by Crippen LogP contribution is -2.01. The molecule has 2 N–H and O–H groups in total. The Kier molecular flexibility index (Phi) is 1.89. The highest BCUT2D eigenvalue weighted by atomic mass is 16.5. The lowest BCUT2D eigenvalue weighted by molar-refractivity contribution is 0.0597. The maximum absolute atomic E-state index is 11.2. The Morgan fingerprint density at radius 3 is 3.00 bits per heavy atom. The van der Waals surface area contributed by atoms with Crippen molar-refractivity contribution in [2.75, 3.05) is 7.11 Å². The fourth-order valence-electron chi connectivity index (χ4n) is 1.36. The van der Waals surface area contributed by atoms with Crippen molar-refractivity contribution >= 4 is 16.9 Å². The SMILES string of the molecule is COC(=O)c1cc2cc[nH]c2cc1O. The Morgan fingerprint density at radius 1 is 1.50 bits per heavy atom. The largest absolute Gasteiger partial charge is 0.507 e. The summed E-state index contributed by atoms with van der Waals surface area (Å²) in [5, 5.41) is 10.4. The number of methoxy groups -OCH3 is 1. The number of esters is 1. The Morgan fingerprint density at radius 2 is 2.29 bits per heavy atom. The van der Waals surface area contributed by atoms with E-state index in [1.165, 1.54) is 13.2 Å². The molecule has 2 aromatic rings. The first-order chi connectivity index (χ1) is 6.72. The molecule has 0 spiro atoms. The van der Waals surface area contributed by atoms with Gasteiger partial charge in [-0.05, 0) is 12.1 Å². The topological polar surface area (TPSA) is 62.3 Å². The molecule has 1 aromatic carbocycles. The first-order valence-electron chi connectivity index (χ1n) is 4.11. The van der Waals surface area contributed by atoms with Crippen LogP contribution in [0, 0.1) is 0 Å². The van der Waals surface area contributed by atoms with E-state index in [1.807, 2.05) is 6.07 Å². The van der Waals surface area contributed by atoms with Gasteiger partial charge >= 0.3 is 5.97 Å². The molecule has 14 heavy (non-hydrogen) atoms. The van der Waals surface area contributed by atoms with E-state index in [0.717, 1.165) is 10.9 Å². The molecule has 4 heteroatoms. The lowest BCUT2D eigenvalue weighted by Gasteiger charge is -2.02. The standard InChI is InChI=1S/C10H9NO3/c1-14-10(13)7-4-6-2-3-11-8(6)5-9(7)12/h2-5,11-12H,1H3. The number of nitrogens with one attached hydrogen (secondary N) is 1. The van der Waals surface area contributed by atoms with Crippen LogP contribution in [0.15, 0.2) is 24.4 Å². The van der Waals surface area contributed by atoms with Gasteiger partial charge in [-0.3, -0.25) is 0 Å². The monoisotopic (exact) mass is 191 g/mol. The van der Waals surface area contributed by atoms with Gasteiger partial charge in [-0.1, -0.05) is 0 Å². The fourth-order valence-corrected chi connectivity index (χ4v) is 1.36. The Balaban J connectivity index is 2.64. The van der Waals surface area contributed by atoms with Crippen LogP contribution in [0.4, 0.5) is 0 Å². The van der Waals surface area contributed by atoms with Crippen molar-refractivity contribution in [1.29, 1.82) is 0 Å². The number of benzene rings is 1. The zero-order chi connectivity index (χ0) is 10.1. The maximum atomic E-state index is 11.2. The number of aromatic nitrogens is 1. The quantitative estimate of drug-likeness (QED) is 0.674. The van der Waals surface area contributed by atoms with Crippen molar-refractivity contribution < 1.29 is 14.6 Å². The highest BCUT2D eigenvalue weighted by molar-refractivity contribution is 5.97. The van der Waals surface area contributed by atoms with Crippen molar-refractivity contribution in [2.45, 2.75) is 0 Å². The average molecular weight is 191 g/mol. The number of phenols is 1. The van der Waals surface area contributed by atoms with Crippen LogP contribution in [-0.4, -0.2) is 23.2 Å². The molecule has 0 radical (unpaired) electrons. The van der Waals surface area contributed by atoms with Crippen LogP contribution in [0.3, 0.4) is 0 Å². The molecular weight excluding hydrogens is 182 g/mol. The summed E-state index contributed by atoms with van der Waals surface area (Å²) in [6, 6.07) is 4.91. The highest BCUT2D eigenvalue weighted by Gasteiger charge is 2.12. The molecule has 0 unspecified atom stereocenters. The van der Waals surface area contributed by atoms with E-state index >= 15 is 0 Å². The minimum Gasteiger partial charge on any atom is -0.507 e. The molecule has 0 bridgehead atoms. The maximum Gasteiger partial charge on any atom is 0.341 e. The van der Waals surface area contributed by atoms with Gasteiger partial charge in [-0.15, -0.1) is 0 Å². The van der Waals surface area contributed by atoms with Crippen LogP contribution in [0.25, 0.3) is 10.9 Å². The summed E-state index contributed by atoms with van der Waals surface area (Å²) >= 11 is 0. The number of ether oxygens (including phenoxy) is 1. The van der Waals surface area contributed by atoms with Gasteiger partial charge in [-0.2, -0.15) is 0 Å². The second-order valence-corrected chi connectivity index (χ2v) is 2.93. The molecule has 0 atom stereocenters. The van der Waals surface area contributed by atoms with Crippen LogP contribution in [-0.2, 0) is 4.74 Å². The lowest BCUT2D eigenvalue weighted by atomic mass is 10.1. The third-order valence-electron chi connectivity index (χ3n) is 2.07. The molecule has 0 aliphatic rings. The van der Waals surface area contributed by atoms with Gasteiger partial charge < -0.3 is 14.8 Å². The van der Waals surface area contributed by atoms with Gasteiger partial charge in [0.2, 0.25) is 0 Å². The van der Waals surface area contributed by atoms with Gasteiger partial charge in [0.15, 0.2) is 0 Å². The number of aromatic amines is 1. The summed E-state index contributed by atoms with van der Waals surface area (Å²) < 4.78 is 4.53. The second-order valence-electron chi connectivity index (χ2n) is 2.93. The normalized spacial score (nSPS) is 10.4. The number of hydrogen-bond acceptors (Lipinski definition) is 3. The third-order valence-corrected chi connectivity index (χ3v) is 2.07. The number of phenolic OH excluding ortho intramolecular Hbond substituents is 1. The van der Waals surface area contributed by atoms with Gasteiger partial charge in [0.05, 0.1) is 7.11 Å². The van der Waals surface area contributed by atoms with E-state index in [-0.39, 0.29) is 11.3 Å². The van der Waals surface area contributed by atoms with Crippen molar-refractivity contribution in [2.24, 2.45) is 0 Å². The Labute approximate surface area is 80.1 Å². The molecule has 72 valence electrons. The molecule has 0 saturated heterocycles. The molecule has 0 aliphatic carbocycles. The molecular formula is C10H9NO3. The summed E-state index contributed by atoms with van der Waals surface area (Å²) in [5.74, 6) is -0.614. The van der Waals surface area contributed by atoms with Gasteiger partial charge in [0.1, 0.15) is 11.3 Å². The van der Waals surface area contributed by atoms with Crippen LogP contribution >= 0.6 is 0 Å². The van der Waals surface area contributed by atoms with Gasteiger partial charge in [0, 0.05) is 23.2 Å². The van der Waals surface area contributed by atoms with E-state index in [0.29, 0.717) is 0 Å². The predicted molar refractivity (Wildman–Crippen MR) is 51.3 cm³/mol. The fraction of sp³-hybridized carbons (Fsp3) is 0.100. The van der Waals surface area contributed by atoms with Crippen molar-refractivity contribution in [3.8, 4) is 5.75 Å². The molecule has 2 rings (SSSR count). The van der Waals surface area contributed by atoms with E-state index < -0.39 is 5.97 Å². The molecule has 1 heterocycles. The number of hydrogen-bond donors (Lipinski definition) is 2. The van der Waals surface area contributed by atoms with Crippen LogP contribution in [0.2, 0.25) is 0 Å². The summed E-state index contributed by atoms with van der Waals surface area (Å²) in [7, 11) is 1.28. The molecule has 0 saturated carbocycles. The third kappa shape index (κ3) is 1.21. The van der Waals surface area contributed by atoms with Gasteiger partial charge in [-0.25, -0.2) is 4.79 Å². The van der Waals surface area contributed by atoms with Crippen LogP contribution in [0.5, 0.6) is 5.75 Å². The van der Waals surface area contributed by atoms with Crippen LogP contribution in [0.1, 0.15) is 10.4 Å². The smallest absolute Gasteiger partial charge is 0.341 e. The number of carbonyl (C=O) groups excluding carboxylic acids is 1. The van der Waals surface area contributed by atoms with Crippen molar-refractivity contribution in [3.63, 3.8) is 0 Å². The van der Waals surface area contributed by atoms with Crippen molar-refractivity contribution in [3.05, 3.63) is 30.0 Å².